The van der Waals surface area contributed by atoms with Crippen LogP contribution in [0.25, 0.3) is 0 Å². The number of nitrogens with one attached hydrogen (secondary N) is 2. The number of rotatable bonds is 8. The Balaban J connectivity index is 0.00000281. The molecule has 0 saturated carbocycles. The fraction of sp³-hybridized carbons (Fsp3) is 0.727. The number of ether oxygens (including phenoxy) is 1. The molecule has 1 aromatic heterocycles. The molecule has 0 aliphatic carbocycles. The second kappa shape index (κ2) is 12.9. The topological polar surface area (TPSA) is 153 Å². The van der Waals surface area contributed by atoms with Crippen LogP contribution in [0.3, 0.4) is 0 Å². The Labute approximate surface area is 199 Å². The van der Waals surface area contributed by atoms with Crippen LogP contribution < -0.4 is 16.4 Å². The van der Waals surface area contributed by atoms with Crippen molar-refractivity contribution in [2.24, 2.45) is 18.9 Å². The zero-order valence-electron chi connectivity index (χ0n) is 21.2. The molecule has 12 heteroatoms. The molecule has 1 aromatic rings. The number of methoxy groups -OCH3 is 1. The number of carbonyl (C=O) groups is 4. The highest BCUT2D eigenvalue weighted by Gasteiger charge is 2.40. The van der Waals surface area contributed by atoms with Crippen molar-refractivity contribution in [3.8, 4) is 0 Å². The van der Waals surface area contributed by atoms with Gasteiger partial charge in [-0.25, -0.2) is 9.59 Å². The maximum atomic E-state index is 13.1. The molecule has 2 N–H and O–H groups in total. The smallest absolute Gasteiger partial charge is 0.437 e. The van der Waals surface area contributed by atoms with Gasteiger partial charge < -0.3 is 24.7 Å². The van der Waals surface area contributed by atoms with E-state index in [0.29, 0.717) is 19.4 Å². The van der Waals surface area contributed by atoms with Gasteiger partial charge in [-0.3, -0.25) is 14.4 Å². The van der Waals surface area contributed by atoms with E-state index in [0.717, 1.165) is 4.68 Å². The number of Topliss-reactive ketones (excluding diaryl/α,β-unsaturated/α-hetero) is 1. The summed E-state index contributed by atoms with van der Waals surface area (Å²) in [5.74, 6) is -3.26. The summed E-state index contributed by atoms with van der Waals surface area (Å²) in [7, 11) is 2.55. The average Bonchev–Trinajstić information content (AvgIpc) is 3.42. The third-order valence-corrected chi connectivity index (χ3v) is 5.38. The molecule has 2 heterocycles. The van der Waals surface area contributed by atoms with Gasteiger partial charge in [-0.2, -0.15) is 4.68 Å². The van der Waals surface area contributed by atoms with E-state index in [-0.39, 0.29) is 11.8 Å². The summed E-state index contributed by atoms with van der Waals surface area (Å²) in [5.41, 5.74) is 0. The van der Waals surface area contributed by atoms with Gasteiger partial charge in [0.25, 0.3) is 5.89 Å². The lowest BCUT2D eigenvalue weighted by atomic mass is 9.98. The van der Waals surface area contributed by atoms with Gasteiger partial charge in [0.05, 0.1) is 13.2 Å². The summed E-state index contributed by atoms with van der Waals surface area (Å²) in [6, 6.07) is -2.65. The highest BCUT2D eigenvalue weighted by atomic mass is 16.5. The standard InChI is InChI=1S/C20H31N5O7.C2H6/c1-10(2)13(15(26)17-23-24(5)20(30)32-17)21-16(27)12-8-7-9-25(12)18(28)14(11(3)4)22-19(29)31-6;1-2/h10-14H,7-9H2,1-6H3,(H,21,27)(H,22,29);1-2H3/t12-,13?,14-;/m0./s1. The van der Waals surface area contributed by atoms with Crippen molar-refractivity contribution in [2.45, 2.75) is 72.5 Å². The van der Waals surface area contributed by atoms with Crippen molar-refractivity contribution in [1.29, 1.82) is 0 Å². The third-order valence-electron chi connectivity index (χ3n) is 5.38. The summed E-state index contributed by atoms with van der Waals surface area (Å²) in [6.07, 6.45) is 0.278. The molecule has 1 unspecified atom stereocenters. The molecule has 1 fully saturated rings. The summed E-state index contributed by atoms with van der Waals surface area (Å²) in [4.78, 5) is 63.6. The number of nitrogens with zero attached hydrogens (tertiary/aromatic N) is 3. The van der Waals surface area contributed by atoms with Gasteiger partial charge in [0.15, 0.2) is 0 Å². The molecule has 1 aliphatic rings. The highest BCUT2D eigenvalue weighted by molar-refractivity contribution is 6.00. The molecule has 12 nitrogen and oxygen atoms in total. The van der Waals surface area contributed by atoms with Crippen molar-refractivity contribution in [2.75, 3.05) is 13.7 Å². The number of carbonyl (C=O) groups excluding carboxylic acids is 4. The SMILES string of the molecule is CC.COC(=O)N[C@H](C(=O)N1CCC[C@H]1C(=O)NC(C(=O)c1nn(C)c(=O)o1)C(C)C)C(C)C. The van der Waals surface area contributed by atoms with Gasteiger partial charge >= 0.3 is 11.8 Å². The van der Waals surface area contributed by atoms with Gasteiger partial charge in [0, 0.05) is 13.6 Å². The van der Waals surface area contributed by atoms with E-state index < -0.39 is 53.5 Å². The molecule has 2 rings (SSSR count). The number of ketones is 1. The Bertz CT molecular complexity index is 921. The van der Waals surface area contributed by atoms with Crippen LogP contribution in [0.5, 0.6) is 0 Å². The van der Waals surface area contributed by atoms with E-state index in [4.69, 9.17) is 4.42 Å². The van der Waals surface area contributed by atoms with E-state index in [1.807, 2.05) is 13.8 Å². The Morgan fingerprint density at radius 2 is 1.65 bits per heavy atom. The van der Waals surface area contributed by atoms with Gasteiger partial charge in [-0.15, -0.1) is 5.10 Å². The number of alkyl carbamates (subject to hydrolysis) is 1. The van der Waals surface area contributed by atoms with Crippen molar-refractivity contribution in [3.05, 3.63) is 16.4 Å². The molecule has 0 radical (unpaired) electrons. The van der Waals surface area contributed by atoms with Crippen LogP contribution in [0.2, 0.25) is 0 Å². The zero-order valence-corrected chi connectivity index (χ0v) is 21.2. The van der Waals surface area contributed by atoms with Crippen LogP contribution in [0.1, 0.15) is 65.1 Å². The lowest BCUT2D eigenvalue weighted by Gasteiger charge is -2.31. The van der Waals surface area contributed by atoms with Crippen LogP contribution in [0.4, 0.5) is 4.79 Å². The molecule has 1 saturated heterocycles. The number of aromatic nitrogens is 2. The van der Waals surface area contributed by atoms with E-state index in [1.165, 1.54) is 19.1 Å². The molecule has 0 spiro atoms. The van der Waals surface area contributed by atoms with E-state index in [9.17, 15) is 24.0 Å². The largest absolute Gasteiger partial charge is 0.453 e. The van der Waals surface area contributed by atoms with Gasteiger partial charge in [0.2, 0.25) is 17.6 Å². The molecular weight excluding hydrogens is 446 g/mol. The van der Waals surface area contributed by atoms with E-state index in [2.05, 4.69) is 20.5 Å². The first-order chi connectivity index (χ1) is 16.0. The predicted octanol–water partition coefficient (Wildman–Crippen LogP) is 1.09. The number of hydrogen-bond acceptors (Lipinski definition) is 8. The molecule has 34 heavy (non-hydrogen) atoms. The number of hydrogen-bond donors (Lipinski definition) is 2. The van der Waals surface area contributed by atoms with Crippen LogP contribution in [-0.2, 0) is 21.4 Å². The first-order valence-electron chi connectivity index (χ1n) is 11.5. The Morgan fingerprint density at radius 1 is 1.06 bits per heavy atom. The normalized spacial score (nSPS) is 17.0. The number of amides is 3. The van der Waals surface area contributed by atoms with Crippen LogP contribution >= 0.6 is 0 Å². The highest BCUT2D eigenvalue weighted by Crippen LogP contribution is 2.21. The van der Waals surface area contributed by atoms with Crippen LogP contribution in [0.15, 0.2) is 9.21 Å². The lowest BCUT2D eigenvalue weighted by Crippen LogP contribution is -2.57. The summed E-state index contributed by atoms with van der Waals surface area (Å²) >= 11 is 0. The van der Waals surface area contributed by atoms with Gasteiger partial charge in [-0.1, -0.05) is 41.5 Å². The number of likely N-dealkylation sites (tertiary alicyclic amines) is 1. The summed E-state index contributed by atoms with van der Waals surface area (Å²) in [6.45, 7) is 11.4. The minimum atomic E-state index is -0.993. The monoisotopic (exact) mass is 483 g/mol. The Kier molecular flexibility index (Phi) is 10.9. The Hall–Kier alpha value is -3.18. The van der Waals surface area contributed by atoms with E-state index in [1.54, 1.807) is 27.7 Å². The molecule has 192 valence electrons. The van der Waals surface area contributed by atoms with E-state index >= 15 is 0 Å². The fourth-order valence-electron chi connectivity index (χ4n) is 3.54. The second-order valence-electron chi connectivity index (χ2n) is 8.44. The van der Waals surface area contributed by atoms with Crippen molar-refractivity contribution < 1.29 is 28.3 Å². The molecule has 1 aliphatic heterocycles. The molecular formula is C22H37N5O7. The number of aryl methyl sites for hydroxylation is 1. The second-order valence-corrected chi connectivity index (χ2v) is 8.44. The zero-order chi connectivity index (χ0) is 26.2. The quantitative estimate of drug-likeness (QED) is 0.521. The minimum absolute atomic E-state index is 0.233. The average molecular weight is 484 g/mol. The van der Waals surface area contributed by atoms with Crippen molar-refractivity contribution in [3.63, 3.8) is 0 Å². The lowest BCUT2D eigenvalue weighted by molar-refractivity contribution is -0.141. The molecule has 3 atom stereocenters. The maximum Gasteiger partial charge on any atom is 0.437 e. The summed E-state index contributed by atoms with van der Waals surface area (Å²) < 4.78 is 10.4. The molecule has 0 aromatic carbocycles. The summed E-state index contributed by atoms with van der Waals surface area (Å²) in [5, 5.41) is 8.96. The Morgan fingerprint density at radius 3 is 2.12 bits per heavy atom. The molecule has 3 amide bonds. The third kappa shape index (κ3) is 6.91. The predicted molar refractivity (Wildman–Crippen MR) is 123 cm³/mol. The minimum Gasteiger partial charge on any atom is -0.453 e. The molecule has 0 bridgehead atoms. The van der Waals surface area contributed by atoms with Gasteiger partial charge in [0.1, 0.15) is 12.1 Å². The van der Waals surface area contributed by atoms with Crippen LogP contribution in [0, 0.1) is 11.8 Å². The first kappa shape index (κ1) is 28.9. The maximum absolute atomic E-state index is 13.1. The first-order valence-corrected chi connectivity index (χ1v) is 11.5. The fourth-order valence-corrected chi connectivity index (χ4v) is 3.54. The van der Waals surface area contributed by atoms with Crippen molar-refractivity contribution >= 4 is 23.7 Å². The van der Waals surface area contributed by atoms with Crippen LogP contribution in [-0.4, -0.2) is 70.2 Å². The van der Waals surface area contributed by atoms with Crippen molar-refractivity contribution in [1.82, 2.24) is 25.3 Å². The van der Waals surface area contributed by atoms with Gasteiger partial charge in [-0.05, 0) is 24.7 Å².